The molecule has 162 valence electrons. The molecule has 0 bridgehead atoms. The summed E-state index contributed by atoms with van der Waals surface area (Å²) in [4.78, 5) is 23.7. The summed E-state index contributed by atoms with van der Waals surface area (Å²) in [6.45, 7) is 4.34. The summed E-state index contributed by atoms with van der Waals surface area (Å²) in [6.07, 6.45) is 5.88. The molecule has 0 spiro atoms. The molecule has 0 atom stereocenters. The summed E-state index contributed by atoms with van der Waals surface area (Å²) in [7, 11) is 3.00. The molecule has 7 nitrogen and oxygen atoms in total. The number of nitrogens with zero attached hydrogens (tertiary/aromatic N) is 2. The maximum atomic E-state index is 10.8. The van der Waals surface area contributed by atoms with Crippen molar-refractivity contribution >= 4 is 29.7 Å². The first-order valence-electron chi connectivity index (χ1n) is 9.62. The first-order chi connectivity index (χ1) is 15.3. The molecule has 7 heteroatoms. The van der Waals surface area contributed by atoms with Gasteiger partial charge in [0.05, 0.1) is 17.8 Å². The minimum atomic E-state index is 0.261. The molecule has 0 unspecified atom stereocenters. The average Bonchev–Trinajstić information content (AvgIpc) is 2.86. The van der Waals surface area contributed by atoms with Gasteiger partial charge in [-0.3, -0.25) is 4.98 Å². The summed E-state index contributed by atoms with van der Waals surface area (Å²) in [5, 5.41) is 13.1. The number of benzene rings is 1. The molecule has 2 aromatic rings. The van der Waals surface area contributed by atoms with Crippen molar-refractivity contribution in [3.05, 3.63) is 70.3 Å². The van der Waals surface area contributed by atoms with E-state index in [4.69, 9.17) is 15.0 Å². The van der Waals surface area contributed by atoms with E-state index in [0.717, 1.165) is 46.1 Å². The standard InChI is InChI=1S/C21H17N3O.2CH5N.CH2O/c1-2-17-20(13-15-7-9-16(14-22)10-8-15)24-19-6-4-3-5-18(19)21(17)23-11-12-25;3*1-2/h3-7,9,12H,2,11,13H2,1H3,(H,23,24);2*2H2,1H3;1H2. The number of aldehydes is 1. The van der Waals surface area contributed by atoms with E-state index in [9.17, 15) is 4.79 Å². The fourth-order valence-corrected chi connectivity index (χ4v) is 2.94. The molecule has 0 saturated heterocycles. The Balaban J connectivity index is 0.00000138. The van der Waals surface area contributed by atoms with Crippen LogP contribution in [0.25, 0.3) is 10.9 Å². The van der Waals surface area contributed by atoms with Crippen molar-refractivity contribution in [3.8, 4) is 6.07 Å². The molecule has 1 aromatic heterocycles. The van der Waals surface area contributed by atoms with Gasteiger partial charge in [-0.1, -0.05) is 36.6 Å². The van der Waals surface area contributed by atoms with Crippen LogP contribution in [0.5, 0.6) is 0 Å². The summed E-state index contributed by atoms with van der Waals surface area (Å²) in [5.41, 5.74) is 20.2. The third-order valence-electron chi connectivity index (χ3n) is 4.08. The van der Waals surface area contributed by atoms with Gasteiger partial charge in [-0.25, -0.2) is 0 Å². The Morgan fingerprint density at radius 3 is 2.39 bits per heavy atom. The second-order valence-electron chi connectivity index (χ2n) is 5.64. The van der Waals surface area contributed by atoms with E-state index in [-0.39, 0.29) is 6.54 Å². The van der Waals surface area contributed by atoms with Crippen LogP contribution in [0.3, 0.4) is 0 Å². The summed E-state index contributed by atoms with van der Waals surface area (Å²) >= 11 is 0. The smallest absolute Gasteiger partial charge is 0.139 e. The Labute approximate surface area is 183 Å². The lowest BCUT2D eigenvalue weighted by Gasteiger charge is -2.17. The maximum Gasteiger partial charge on any atom is 0.139 e. The fourth-order valence-electron chi connectivity index (χ4n) is 2.94. The molecular formula is C24H29N5O2. The van der Waals surface area contributed by atoms with Gasteiger partial charge in [0.25, 0.3) is 0 Å². The summed E-state index contributed by atoms with van der Waals surface area (Å²) in [5.74, 6) is 0. The number of hydrogen-bond donors (Lipinski definition) is 3. The number of fused-ring (bicyclic) bond motifs is 1. The second-order valence-corrected chi connectivity index (χ2v) is 5.64. The number of carbonyl (C=O) groups excluding carboxylic acids is 2. The first kappa shape index (κ1) is 27.2. The summed E-state index contributed by atoms with van der Waals surface area (Å²) < 4.78 is 0. The first-order valence-corrected chi connectivity index (χ1v) is 9.62. The van der Waals surface area contributed by atoms with E-state index < -0.39 is 0 Å². The third-order valence-corrected chi connectivity index (χ3v) is 4.08. The highest BCUT2D eigenvalue weighted by Crippen LogP contribution is 2.30. The van der Waals surface area contributed by atoms with Crippen molar-refractivity contribution in [3.63, 3.8) is 0 Å². The Bertz CT molecular complexity index is 1040. The molecule has 0 radical (unpaired) electrons. The van der Waals surface area contributed by atoms with Crippen molar-refractivity contribution in [1.82, 2.24) is 4.98 Å². The van der Waals surface area contributed by atoms with E-state index in [1.165, 1.54) is 14.1 Å². The van der Waals surface area contributed by atoms with E-state index in [2.05, 4.69) is 41.2 Å². The zero-order valence-corrected chi connectivity index (χ0v) is 18.2. The molecule has 3 rings (SSSR count). The molecule has 0 fully saturated rings. The number of carbonyl (C=O) groups is 2. The number of hydrogen-bond acceptors (Lipinski definition) is 7. The minimum absolute atomic E-state index is 0.261. The number of nitriles is 1. The number of aromatic nitrogens is 1. The van der Waals surface area contributed by atoms with Crippen molar-refractivity contribution in [2.75, 3.05) is 26.0 Å². The lowest BCUT2D eigenvalue weighted by atomic mass is 9.98. The lowest BCUT2D eigenvalue weighted by Crippen LogP contribution is -2.09. The number of nitrogens with two attached hydrogens (primary N) is 2. The Morgan fingerprint density at radius 1 is 1.16 bits per heavy atom. The zero-order chi connectivity index (χ0) is 23.6. The molecule has 0 saturated carbocycles. The molecule has 1 aliphatic carbocycles. The highest BCUT2D eigenvalue weighted by Gasteiger charge is 2.14. The molecule has 0 aliphatic heterocycles. The van der Waals surface area contributed by atoms with Crippen LogP contribution >= 0.6 is 0 Å². The predicted octanol–water partition coefficient (Wildman–Crippen LogP) is 2.62. The molecule has 5 N–H and O–H groups in total. The van der Waals surface area contributed by atoms with Crippen LogP contribution in [0.15, 0.2) is 59.0 Å². The Hall–Kier alpha value is -3.78. The van der Waals surface area contributed by atoms with Crippen LogP contribution in [-0.2, 0) is 22.4 Å². The molecular weight excluding hydrogens is 390 g/mol. The quantitative estimate of drug-likeness (QED) is 0.484. The Kier molecular flexibility index (Phi) is 14.1. The van der Waals surface area contributed by atoms with Gasteiger partial charge in [-0.2, -0.15) is 5.26 Å². The third kappa shape index (κ3) is 7.52. The number of anilines is 1. The van der Waals surface area contributed by atoms with E-state index in [1.54, 1.807) is 6.08 Å². The van der Waals surface area contributed by atoms with Crippen LogP contribution < -0.4 is 16.8 Å². The van der Waals surface area contributed by atoms with Gasteiger partial charge < -0.3 is 26.4 Å². The highest BCUT2D eigenvalue weighted by molar-refractivity contribution is 5.94. The van der Waals surface area contributed by atoms with Gasteiger partial charge in [0.2, 0.25) is 0 Å². The van der Waals surface area contributed by atoms with Crippen LogP contribution in [0.2, 0.25) is 0 Å². The number of rotatable bonds is 6. The van der Waals surface area contributed by atoms with Gasteiger partial charge in [-0.15, -0.1) is 0 Å². The molecule has 1 aliphatic rings. The zero-order valence-electron chi connectivity index (χ0n) is 18.2. The molecule has 0 amide bonds. The normalized spacial score (nSPS) is 10.6. The number of allylic oxidation sites excluding steroid dienone is 4. The monoisotopic (exact) mass is 419 g/mol. The fraction of sp³-hybridized carbons (Fsp3) is 0.250. The van der Waals surface area contributed by atoms with Gasteiger partial charge >= 0.3 is 0 Å². The SMILES string of the molecule is C=O.CCc1c(CC2=C=C=C(C#N)C=C2)nc2ccccc2c1NCC=O.CN.CN. The molecule has 31 heavy (non-hydrogen) atoms. The summed E-state index contributed by atoms with van der Waals surface area (Å²) in [6, 6.07) is 9.96. The van der Waals surface area contributed by atoms with Crippen LogP contribution in [0.4, 0.5) is 5.69 Å². The average molecular weight is 420 g/mol. The Morgan fingerprint density at radius 2 is 1.84 bits per heavy atom. The molecule has 1 aromatic carbocycles. The van der Waals surface area contributed by atoms with Crippen molar-refractivity contribution in [1.29, 1.82) is 5.26 Å². The van der Waals surface area contributed by atoms with E-state index >= 15 is 0 Å². The highest BCUT2D eigenvalue weighted by atomic mass is 16.1. The van der Waals surface area contributed by atoms with E-state index in [0.29, 0.717) is 12.0 Å². The van der Waals surface area contributed by atoms with Crippen molar-refractivity contribution in [2.24, 2.45) is 11.5 Å². The predicted molar refractivity (Wildman–Crippen MR) is 126 cm³/mol. The van der Waals surface area contributed by atoms with Crippen LogP contribution in [-0.4, -0.2) is 38.7 Å². The van der Waals surface area contributed by atoms with Gasteiger partial charge in [-0.05, 0) is 44.3 Å². The second kappa shape index (κ2) is 16.1. The van der Waals surface area contributed by atoms with Gasteiger partial charge in [0.1, 0.15) is 24.7 Å². The maximum absolute atomic E-state index is 10.8. The molecule has 1 heterocycles. The van der Waals surface area contributed by atoms with Crippen molar-refractivity contribution < 1.29 is 9.59 Å². The van der Waals surface area contributed by atoms with Crippen LogP contribution in [0, 0.1) is 11.3 Å². The number of pyridine rings is 1. The minimum Gasteiger partial charge on any atom is -0.377 e. The number of nitrogens with one attached hydrogen (secondary N) is 1. The lowest BCUT2D eigenvalue weighted by molar-refractivity contribution is -0.106. The van der Waals surface area contributed by atoms with Gasteiger partial charge in [0.15, 0.2) is 0 Å². The van der Waals surface area contributed by atoms with Crippen LogP contribution in [0.1, 0.15) is 18.2 Å². The largest absolute Gasteiger partial charge is 0.377 e. The van der Waals surface area contributed by atoms with E-state index in [1.807, 2.05) is 37.1 Å². The van der Waals surface area contributed by atoms with Crippen molar-refractivity contribution in [2.45, 2.75) is 19.8 Å². The topological polar surface area (TPSA) is 135 Å². The van der Waals surface area contributed by atoms with Gasteiger partial charge in [0, 0.05) is 23.1 Å². The number of para-hydroxylation sites is 1.